The Kier molecular flexibility index (Phi) is 5.82. The number of nitrogen functional groups attached to an aromatic ring is 1. The number of benzene rings is 2. The van der Waals surface area contributed by atoms with Gasteiger partial charge < -0.3 is 10.5 Å². The number of anilines is 2. The minimum atomic E-state index is -3.33. The van der Waals surface area contributed by atoms with E-state index < -0.39 is 10.0 Å². The first-order chi connectivity index (χ1) is 14.8. The van der Waals surface area contributed by atoms with Crippen molar-refractivity contribution in [1.82, 2.24) is 4.98 Å². The molecule has 31 heavy (non-hydrogen) atoms. The lowest BCUT2D eigenvalue weighted by Gasteiger charge is -2.19. The van der Waals surface area contributed by atoms with Crippen molar-refractivity contribution in [3.63, 3.8) is 0 Å². The highest BCUT2D eigenvalue weighted by atomic mass is 32.2. The van der Waals surface area contributed by atoms with Crippen molar-refractivity contribution in [2.24, 2.45) is 0 Å². The molecule has 1 atom stereocenters. The van der Waals surface area contributed by atoms with E-state index in [-0.39, 0.29) is 11.9 Å². The first-order valence-electron chi connectivity index (χ1n) is 10.0. The molecule has 3 N–H and O–H groups in total. The summed E-state index contributed by atoms with van der Waals surface area (Å²) in [5, 5.41) is 0. The third-order valence-electron chi connectivity index (χ3n) is 5.28. The topological polar surface area (TPSA) is 94.3 Å². The number of rotatable bonds is 5. The minimum Gasteiger partial charge on any atom is -0.486 e. The summed E-state index contributed by atoms with van der Waals surface area (Å²) < 4.78 is 45.1. The minimum absolute atomic E-state index is 0.122. The molecule has 1 heterocycles. The van der Waals surface area contributed by atoms with Crippen LogP contribution in [0.25, 0.3) is 11.1 Å². The highest BCUT2D eigenvalue weighted by molar-refractivity contribution is 7.92. The van der Waals surface area contributed by atoms with Gasteiger partial charge in [-0.05, 0) is 66.3 Å². The molecule has 0 saturated carbocycles. The van der Waals surface area contributed by atoms with Gasteiger partial charge in [-0.2, -0.15) is 0 Å². The Hall–Kier alpha value is -3.13. The summed E-state index contributed by atoms with van der Waals surface area (Å²) in [5.41, 5.74) is 10.3. The zero-order valence-electron chi connectivity index (χ0n) is 17.1. The van der Waals surface area contributed by atoms with Crippen molar-refractivity contribution in [2.45, 2.75) is 31.8 Å². The summed E-state index contributed by atoms with van der Waals surface area (Å²) in [7, 11) is -3.33. The molecule has 1 aromatic heterocycles. The van der Waals surface area contributed by atoms with Crippen LogP contribution in [0.5, 0.6) is 5.75 Å². The second-order valence-electron chi connectivity index (χ2n) is 7.81. The van der Waals surface area contributed by atoms with Crippen molar-refractivity contribution in [3.05, 3.63) is 71.7 Å². The van der Waals surface area contributed by atoms with E-state index in [9.17, 15) is 12.8 Å². The van der Waals surface area contributed by atoms with Crippen LogP contribution >= 0.6 is 0 Å². The van der Waals surface area contributed by atoms with Crippen molar-refractivity contribution in [3.8, 4) is 16.9 Å². The van der Waals surface area contributed by atoms with Gasteiger partial charge in [0.25, 0.3) is 0 Å². The van der Waals surface area contributed by atoms with Gasteiger partial charge in [0.1, 0.15) is 11.9 Å². The maximum atomic E-state index is 13.7. The molecule has 0 spiro atoms. The van der Waals surface area contributed by atoms with Gasteiger partial charge >= 0.3 is 0 Å². The first-order valence-corrected chi connectivity index (χ1v) is 11.9. The van der Waals surface area contributed by atoms with Crippen LogP contribution in [-0.4, -0.2) is 25.8 Å². The lowest BCUT2D eigenvalue weighted by Crippen LogP contribution is -2.19. The zero-order valence-corrected chi connectivity index (χ0v) is 18.0. The maximum absolute atomic E-state index is 13.7. The fraction of sp³-hybridized carbons (Fsp3) is 0.261. The average molecular weight is 442 g/mol. The van der Waals surface area contributed by atoms with Crippen LogP contribution in [0.4, 0.5) is 15.9 Å². The third kappa shape index (κ3) is 5.32. The van der Waals surface area contributed by atoms with E-state index in [4.69, 9.17) is 10.5 Å². The predicted octanol–water partition coefficient (Wildman–Crippen LogP) is 4.17. The zero-order chi connectivity index (χ0) is 22.0. The van der Waals surface area contributed by atoms with Crippen molar-refractivity contribution < 1.29 is 17.5 Å². The third-order valence-corrected chi connectivity index (χ3v) is 5.89. The number of pyridine rings is 1. The van der Waals surface area contributed by atoms with E-state index in [1.165, 1.54) is 6.07 Å². The molecule has 0 aliphatic heterocycles. The summed E-state index contributed by atoms with van der Waals surface area (Å²) in [6, 6.07) is 13.7. The Labute approximate surface area is 181 Å². The van der Waals surface area contributed by atoms with Gasteiger partial charge in [0.05, 0.1) is 6.26 Å². The summed E-state index contributed by atoms with van der Waals surface area (Å²) in [6.45, 7) is 0. The maximum Gasteiger partial charge on any atom is 0.229 e. The normalized spacial score (nSPS) is 16.3. The fourth-order valence-electron chi connectivity index (χ4n) is 3.83. The SMILES string of the molecule is CS(=O)(=O)Nc1ccc(-c2cnc(N)c(OC3CCCc4ccc(F)cc4C3)c2)cc1. The smallest absolute Gasteiger partial charge is 0.229 e. The first kappa shape index (κ1) is 21.1. The van der Waals surface area contributed by atoms with Gasteiger partial charge in [-0.25, -0.2) is 17.8 Å². The van der Waals surface area contributed by atoms with Crippen LogP contribution < -0.4 is 15.2 Å². The number of nitrogens with one attached hydrogen (secondary N) is 1. The van der Waals surface area contributed by atoms with Crippen LogP contribution in [-0.2, 0) is 22.9 Å². The van der Waals surface area contributed by atoms with E-state index in [1.807, 2.05) is 12.1 Å². The van der Waals surface area contributed by atoms with Crippen LogP contribution in [0.2, 0.25) is 0 Å². The van der Waals surface area contributed by atoms with Gasteiger partial charge in [0, 0.05) is 23.9 Å². The molecule has 0 fully saturated rings. The fourth-order valence-corrected chi connectivity index (χ4v) is 4.39. The molecule has 162 valence electrons. The lowest BCUT2D eigenvalue weighted by atomic mass is 10.0. The molecule has 8 heteroatoms. The Morgan fingerprint density at radius 3 is 2.61 bits per heavy atom. The summed E-state index contributed by atoms with van der Waals surface area (Å²) in [5.74, 6) is 0.542. The second-order valence-corrected chi connectivity index (χ2v) is 9.56. The van der Waals surface area contributed by atoms with E-state index in [0.717, 1.165) is 47.8 Å². The lowest BCUT2D eigenvalue weighted by molar-refractivity contribution is 0.192. The Morgan fingerprint density at radius 2 is 1.87 bits per heavy atom. The van der Waals surface area contributed by atoms with Crippen LogP contribution in [0.3, 0.4) is 0 Å². The molecule has 0 bridgehead atoms. The number of aryl methyl sites for hydroxylation is 1. The molecular weight excluding hydrogens is 417 g/mol. The molecule has 1 aliphatic rings. The number of hydrogen-bond donors (Lipinski definition) is 2. The molecule has 1 unspecified atom stereocenters. The molecule has 3 aromatic rings. The summed E-state index contributed by atoms with van der Waals surface area (Å²) in [4.78, 5) is 4.27. The molecule has 0 radical (unpaired) electrons. The second kappa shape index (κ2) is 8.55. The molecule has 0 amide bonds. The molecule has 4 rings (SSSR count). The van der Waals surface area contributed by atoms with Crippen LogP contribution in [0.1, 0.15) is 24.0 Å². The molecule has 1 aliphatic carbocycles. The molecule has 6 nitrogen and oxygen atoms in total. The van der Waals surface area contributed by atoms with E-state index >= 15 is 0 Å². The largest absolute Gasteiger partial charge is 0.486 e. The summed E-state index contributed by atoms with van der Waals surface area (Å²) >= 11 is 0. The number of aromatic nitrogens is 1. The monoisotopic (exact) mass is 441 g/mol. The molecule has 2 aromatic carbocycles. The Bertz CT molecular complexity index is 1200. The number of ether oxygens (including phenoxy) is 1. The Balaban J connectivity index is 1.54. The van der Waals surface area contributed by atoms with Crippen LogP contribution in [0.15, 0.2) is 54.7 Å². The number of fused-ring (bicyclic) bond motifs is 1. The van der Waals surface area contributed by atoms with Gasteiger partial charge in [0.15, 0.2) is 11.6 Å². The molecule has 0 saturated heterocycles. The van der Waals surface area contributed by atoms with E-state index in [2.05, 4.69) is 9.71 Å². The highest BCUT2D eigenvalue weighted by Gasteiger charge is 2.20. The highest BCUT2D eigenvalue weighted by Crippen LogP contribution is 2.31. The van der Waals surface area contributed by atoms with Crippen LogP contribution in [0, 0.1) is 5.82 Å². The standard InChI is InChI=1S/C23H24FN3O3S/c1-31(28,29)27-20-9-6-16(7-10-20)18-13-22(23(25)26-14-18)30-21-4-2-3-15-5-8-19(24)11-17(15)12-21/h5-11,13-14,21,27H,2-4,12H2,1H3,(H2,25,26). The number of sulfonamides is 1. The van der Waals surface area contributed by atoms with Gasteiger partial charge in [-0.15, -0.1) is 0 Å². The molecular formula is C23H24FN3O3S. The number of hydrogen-bond acceptors (Lipinski definition) is 5. The van der Waals surface area contributed by atoms with Gasteiger partial charge in [-0.1, -0.05) is 18.2 Å². The quantitative estimate of drug-likeness (QED) is 0.580. The van der Waals surface area contributed by atoms with Gasteiger partial charge in [-0.3, -0.25) is 4.72 Å². The average Bonchev–Trinajstić information content (AvgIpc) is 2.90. The van der Waals surface area contributed by atoms with E-state index in [0.29, 0.717) is 23.7 Å². The summed E-state index contributed by atoms with van der Waals surface area (Å²) in [6.07, 6.45) is 5.94. The van der Waals surface area contributed by atoms with Gasteiger partial charge in [0.2, 0.25) is 10.0 Å². The van der Waals surface area contributed by atoms with Crippen molar-refractivity contribution >= 4 is 21.5 Å². The number of nitrogens with zero attached hydrogens (tertiary/aromatic N) is 1. The van der Waals surface area contributed by atoms with Crippen molar-refractivity contribution in [2.75, 3.05) is 16.7 Å². The number of nitrogens with two attached hydrogens (primary N) is 1. The van der Waals surface area contributed by atoms with Crippen molar-refractivity contribution in [1.29, 1.82) is 0 Å². The predicted molar refractivity (Wildman–Crippen MR) is 120 cm³/mol. The number of halogens is 1. The Morgan fingerprint density at radius 1 is 1.10 bits per heavy atom. The van der Waals surface area contributed by atoms with E-state index in [1.54, 1.807) is 36.5 Å².